The lowest BCUT2D eigenvalue weighted by molar-refractivity contribution is -0.384. The van der Waals surface area contributed by atoms with E-state index >= 15 is 0 Å². The molecule has 0 unspecified atom stereocenters. The van der Waals surface area contributed by atoms with Gasteiger partial charge in [-0.15, -0.1) is 0 Å². The number of non-ortho nitro benzene ring substituents is 1. The molecule has 10 heteroatoms. The monoisotopic (exact) mass is 563 g/mol. The SMILES string of the molecule is O=C(c1cccc([N+](=O)[O-])c1)N(Cc1ccccc1)N1C(=O)[C@H]2C[C@H](Br)[C@@H](Br)C[C@H]2C1=O. The number of fused-ring (bicyclic) bond motifs is 1. The van der Waals surface area contributed by atoms with E-state index in [0.717, 1.165) is 21.6 Å². The molecule has 8 nitrogen and oxygen atoms in total. The summed E-state index contributed by atoms with van der Waals surface area (Å²) in [7, 11) is 0. The summed E-state index contributed by atoms with van der Waals surface area (Å²) >= 11 is 7.12. The third kappa shape index (κ3) is 4.21. The highest BCUT2D eigenvalue weighted by atomic mass is 79.9. The number of carbonyl (C=O) groups excluding carboxylic acids is 3. The fourth-order valence-electron chi connectivity index (χ4n) is 4.21. The first-order chi connectivity index (χ1) is 15.3. The summed E-state index contributed by atoms with van der Waals surface area (Å²) in [5.41, 5.74) is 0.508. The van der Waals surface area contributed by atoms with Crippen molar-refractivity contribution in [1.29, 1.82) is 0 Å². The minimum absolute atomic E-state index is 0.0191. The summed E-state index contributed by atoms with van der Waals surface area (Å²) in [6.45, 7) is -0.0191. The molecular weight excluding hydrogens is 546 g/mol. The first-order valence-corrected chi connectivity index (χ1v) is 11.9. The number of amides is 3. The fraction of sp³-hybridized carbons (Fsp3) is 0.318. The number of hydrogen-bond acceptors (Lipinski definition) is 5. The van der Waals surface area contributed by atoms with Gasteiger partial charge >= 0.3 is 0 Å². The molecule has 4 rings (SSSR count). The zero-order valence-corrected chi connectivity index (χ0v) is 19.9. The molecule has 2 aromatic rings. The second kappa shape index (κ2) is 9.11. The molecule has 3 amide bonds. The maximum absolute atomic E-state index is 13.5. The third-order valence-electron chi connectivity index (χ3n) is 5.84. The molecule has 32 heavy (non-hydrogen) atoms. The lowest BCUT2D eigenvalue weighted by Gasteiger charge is -2.30. The number of hydrazine groups is 1. The number of alkyl halides is 2. The molecule has 166 valence electrons. The van der Waals surface area contributed by atoms with E-state index in [1.54, 1.807) is 24.3 Å². The van der Waals surface area contributed by atoms with E-state index in [1.165, 1.54) is 18.2 Å². The summed E-state index contributed by atoms with van der Waals surface area (Å²) < 4.78 is 0. The molecule has 0 aromatic heterocycles. The first kappa shape index (κ1) is 22.6. The van der Waals surface area contributed by atoms with Crippen LogP contribution >= 0.6 is 31.9 Å². The van der Waals surface area contributed by atoms with Gasteiger partial charge in [-0.25, -0.2) is 5.01 Å². The molecule has 1 aliphatic heterocycles. The third-order valence-corrected chi connectivity index (χ3v) is 8.58. The smallest absolute Gasteiger partial charge is 0.272 e. The number of halogens is 2. The minimum atomic E-state index is -0.649. The molecule has 1 heterocycles. The van der Waals surface area contributed by atoms with E-state index in [9.17, 15) is 24.5 Å². The zero-order valence-electron chi connectivity index (χ0n) is 16.8. The Labute approximate surface area is 200 Å². The molecular formula is C22H19Br2N3O5. The number of benzene rings is 2. The highest BCUT2D eigenvalue weighted by Crippen LogP contribution is 2.44. The average molecular weight is 565 g/mol. The van der Waals surface area contributed by atoms with Crippen LogP contribution in [0, 0.1) is 22.0 Å². The van der Waals surface area contributed by atoms with Crippen molar-refractivity contribution in [3.8, 4) is 0 Å². The van der Waals surface area contributed by atoms with E-state index in [1.807, 2.05) is 6.07 Å². The van der Waals surface area contributed by atoms with Gasteiger partial charge < -0.3 is 0 Å². The van der Waals surface area contributed by atoms with Crippen LogP contribution in [0.2, 0.25) is 0 Å². The maximum atomic E-state index is 13.5. The Morgan fingerprint density at radius 2 is 1.59 bits per heavy atom. The van der Waals surface area contributed by atoms with Gasteiger partial charge in [0.1, 0.15) is 0 Å². The van der Waals surface area contributed by atoms with E-state index in [4.69, 9.17) is 0 Å². The summed E-state index contributed by atoms with van der Waals surface area (Å²) in [6.07, 6.45) is 0.956. The van der Waals surface area contributed by atoms with Crippen molar-refractivity contribution in [1.82, 2.24) is 10.0 Å². The first-order valence-electron chi connectivity index (χ1n) is 10.0. The Bertz CT molecular complexity index is 1050. The van der Waals surface area contributed by atoms with Crippen molar-refractivity contribution in [2.75, 3.05) is 0 Å². The topological polar surface area (TPSA) is 101 Å². The van der Waals surface area contributed by atoms with Gasteiger partial charge in [-0.05, 0) is 24.5 Å². The van der Waals surface area contributed by atoms with E-state index < -0.39 is 34.5 Å². The number of hydrogen-bond donors (Lipinski definition) is 0. The van der Waals surface area contributed by atoms with Crippen LogP contribution in [0.4, 0.5) is 5.69 Å². The Morgan fingerprint density at radius 3 is 2.16 bits per heavy atom. The molecule has 2 fully saturated rings. The Balaban J connectivity index is 1.72. The second-order valence-electron chi connectivity index (χ2n) is 7.86. The van der Waals surface area contributed by atoms with Crippen LogP contribution in [-0.2, 0) is 16.1 Å². The van der Waals surface area contributed by atoms with Crippen molar-refractivity contribution in [2.45, 2.75) is 29.0 Å². The fourth-order valence-corrected chi connectivity index (χ4v) is 5.44. The highest BCUT2D eigenvalue weighted by Gasteiger charge is 2.54. The molecule has 0 spiro atoms. The van der Waals surface area contributed by atoms with Gasteiger partial charge in [-0.2, -0.15) is 5.01 Å². The normalized spacial score (nSPS) is 24.9. The summed E-state index contributed by atoms with van der Waals surface area (Å²) in [5.74, 6) is -2.52. The molecule has 0 radical (unpaired) electrons. The Morgan fingerprint density at radius 1 is 1.00 bits per heavy atom. The number of nitro groups is 1. The minimum Gasteiger partial charge on any atom is -0.272 e. The molecule has 0 bridgehead atoms. The van der Waals surface area contributed by atoms with Crippen molar-refractivity contribution < 1.29 is 19.3 Å². The van der Waals surface area contributed by atoms with Crippen LogP contribution in [0.15, 0.2) is 54.6 Å². The predicted molar refractivity (Wildman–Crippen MR) is 123 cm³/mol. The van der Waals surface area contributed by atoms with E-state index in [2.05, 4.69) is 31.9 Å². The quantitative estimate of drug-likeness (QED) is 0.236. The molecule has 2 aromatic carbocycles. The highest BCUT2D eigenvalue weighted by molar-refractivity contribution is 9.12. The number of nitro benzene ring substituents is 1. The van der Waals surface area contributed by atoms with Crippen LogP contribution in [0.5, 0.6) is 0 Å². The van der Waals surface area contributed by atoms with Crippen LogP contribution in [0.25, 0.3) is 0 Å². The van der Waals surface area contributed by atoms with Crippen molar-refractivity contribution >= 4 is 55.3 Å². The van der Waals surface area contributed by atoms with Gasteiger partial charge in [0, 0.05) is 27.4 Å². The maximum Gasteiger partial charge on any atom is 0.273 e. The summed E-state index contributed by atoms with van der Waals surface area (Å²) in [5, 5.41) is 13.2. The van der Waals surface area contributed by atoms with Crippen LogP contribution < -0.4 is 0 Å². The molecule has 1 saturated heterocycles. The van der Waals surface area contributed by atoms with Crippen molar-refractivity contribution in [3.05, 3.63) is 75.8 Å². The van der Waals surface area contributed by atoms with Gasteiger partial charge in [-0.3, -0.25) is 24.5 Å². The van der Waals surface area contributed by atoms with Crippen LogP contribution in [-0.4, -0.2) is 42.3 Å². The number of nitrogens with zero attached hydrogens (tertiary/aromatic N) is 3. The molecule has 4 atom stereocenters. The largest absolute Gasteiger partial charge is 0.273 e. The molecule has 1 aliphatic carbocycles. The van der Waals surface area contributed by atoms with Crippen molar-refractivity contribution in [3.63, 3.8) is 0 Å². The molecule has 1 saturated carbocycles. The van der Waals surface area contributed by atoms with Gasteiger partial charge in [0.15, 0.2) is 0 Å². The molecule has 0 N–H and O–H groups in total. The number of imide groups is 1. The number of carbonyl (C=O) groups is 3. The second-order valence-corrected chi connectivity index (χ2v) is 10.2. The molecule has 2 aliphatic rings. The Hall–Kier alpha value is -2.59. The van der Waals surface area contributed by atoms with Gasteiger partial charge in [0.25, 0.3) is 23.4 Å². The standard InChI is InChI=1S/C22H19Br2N3O5/c23-18-10-16-17(11-19(18)24)22(30)26(21(16)29)25(12-13-5-2-1-3-6-13)20(28)14-7-4-8-15(9-14)27(31)32/h1-9,16-19H,10-12H2/t16-,17+,18-,19-/m0/s1. The van der Waals surface area contributed by atoms with Crippen molar-refractivity contribution in [2.24, 2.45) is 11.8 Å². The van der Waals surface area contributed by atoms with E-state index in [-0.39, 0.29) is 27.4 Å². The van der Waals surface area contributed by atoms with Gasteiger partial charge in [0.2, 0.25) is 0 Å². The Kier molecular flexibility index (Phi) is 6.43. The average Bonchev–Trinajstić information content (AvgIpc) is 3.02. The summed E-state index contributed by atoms with van der Waals surface area (Å²) in [6, 6.07) is 14.3. The number of rotatable bonds is 5. The summed E-state index contributed by atoms with van der Waals surface area (Å²) in [4.78, 5) is 50.8. The lowest BCUT2D eigenvalue weighted by atomic mass is 9.81. The van der Waals surface area contributed by atoms with Crippen LogP contribution in [0.1, 0.15) is 28.8 Å². The van der Waals surface area contributed by atoms with E-state index in [0.29, 0.717) is 12.8 Å². The van der Waals surface area contributed by atoms with Crippen LogP contribution in [0.3, 0.4) is 0 Å². The predicted octanol–water partition coefficient (Wildman–Crippen LogP) is 4.07. The van der Waals surface area contributed by atoms with Gasteiger partial charge in [-0.1, -0.05) is 68.3 Å². The lowest BCUT2D eigenvalue weighted by Crippen LogP contribution is -2.49. The zero-order chi connectivity index (χ0) is 23.0. The van der Waals surface area contributed by atoms with Gasteiger partial charge in [0.05, 0.1) is 23.3 Å².